The van der Waals surface area contributed by atoms with Crippen LogP contribution in [0.5, 0.6) is 0 Å². The molecule has 0 atom stereocenters. The molecule has 4 rings (SSSR count). The third-order valence-electron chi connectivity index (χ3n) is 4.97. The molecule has 2 heterocycles. The molecule has 3 aromatic rings. The van der Waals surface area contributed by atoms with Crippen LogP contribution in [0.25, 0.3) is 10.8 Å². The molecule has 138 valence electrons. The van der Waals surface area contributed by atoms with E-state index in [1.54, 1.807) is 19.2 Å². The molecule has 1 aliphatic carbocycles. The van der Waals surface area contributed by atoms with Gasteiger partial charge in [-0.25, -0.2) is 4.68 Å². The number of rotatable bonds is 4. The Morgan fingerprint density at radius 2 is 2.07 bits per heavy atom. The quantitative estimate of drug-likeness (QED) is 0.740. The summed E-state index contributed by atoms with van der Waals surface area (Å²) in [5, 5.41) is 8.35. The van der Waals surface area contributed by atoms with Crippen molar-refractivity contribution in [3.8, 4) is 0 Å². The minimum absolute atomic E-state index is 0.0122. The van der Waals surface area contributed by atoms with Crippen LogP contribution in [0, 0.1) is 6.92 Å². The van der Waals surface area contributed by atoms with E-state index in [-0.39, 0.29) is 30.3 Å². The molecule has 0 spiro atoms. The molecule has 2 N–H and O–H groups in total. The van der Waals surface area contributed by atoms with E-state index in [4.69, 9.17) is 0 Å². The number of aromatic nitrogens is 3. The van der Waals surface area contributed by atoms with Crippen molar-refractivity contribution in [3.63, 3.8) is 0 Å². The van der Waals surface area contributed by atoms with E-state index in [1.807, 2.05) is 18.2 Å². The Hall–Kier alpha value is -3.22. The first-order valence-electron chi connectivity index (χ1n) is 9.04. The number of H-pyrrole nitrogens is 1. The van der Waals surface area contributed by atoms with Crippen LogP contribution in [0.1, 0.15) is 44.9 Å². The van der Waals surface area contributed by atoms with Gasteiger partial charge in [-0.3, -0.25) is 14.4 Å². The van der Waals surface area contributed by atoms with Crippen molar-refractivity contribution in [1.29, 1.82) is 0 Å². The molecule has 2 aromatic heterocycles. The van der Waals surface area contributed by atoms with Gasteiger partial charge in [0.25, 0.3) is 11.5 Å². The van der Waals surface area contributed by atoms with Gasteiger partial charge in [0.15, 0.2) is 5.78 Å². The number of ketones is 1. The maximum Gasteiger partial charge on any atom is 0.274 e. The fraction of sp³-hybridized carbons (Fsp3) is 0.300. The van der Waals surface area contributed by atoms with Gasteiger partial charge in [-0.15, -0.1) is 0 Å². The fourth-order valence-electron chi connectivity index (χ4n) is 3.67. The number of amides is 1. The van der Waals surface area contributed by atoms with Crippen molar-refractivity contribution in [3.05, 3.63) is 63.3 Å². The van der Waals surface area contributed by atoms with Crippen LogP contribution < -0.4 is 10.9 Å². The second kappa shape index (κ2) is 6.83. The summed E-state index contributed by atoms with van der Waals surface area (Å²) in [5.74, 6) is -0.285. The zero-order valence-electron chi connectivity index (χ0n) is 15.0. The van der Waals surface area contributed by atoms with Gasteiger partial charge in [0.2, 0.25) is 0 Å². The summed E-state index contributed by atoms with van der Waals surface area (Å²) < 4.78 is 1.34. The smallest absolute Gasteiger partial charge is 0.274 e. The normalized spacial score (nSPS) is 13.6. The Balaban J connectivity index is 1.50. The summed E-state index contributed by atoms with van der Waals surface area (Å²) in [5.41, 5.74) is 2.31. The highest BCUT2D eigenvalue weighted by Crippen LogP contribution is 2.26. The average molecular weight is 364 g/mol. The van der Waals surface area contributed by atoms with E-state index in [9.17, 15) is 14.4 Å². The van der Waals surface area contributed by atoms with Gasteiger partial charge in [0, 0.05) is 29.7 Å². The maximum absolute atomic E-state index is 12.6. The van der Waals surface area contributed by atoms with Crippen LogP contribution in [-0.2, 0) is 13.0 Å². The molecule has 27 heavy (non-hydrogen) atoms. The Labute approximate surface area is 155 Å². The zero-order valence-corrected chi connectivity index (χ0v) is 15.0. The SMILES string of the molecule is Cc1[nH]c2c(c1C(=O)NCCn1ncc3ccccc3c1=O)C(=O)CCC2. The van der Waals surface area contributed by atoms with E-state index in [0.29, 0.717) is 28.6 Å². The molecule has 0 saturated heterocycles. The maximum atomic E-state index is 12.6. The lowest BCUT2D eigenvalue weighted by Gasteiger charge is -2.12. The van der Waals surface area contributed by atoms with Crippen molar-refractivity contribution in [2.45, 2.75) is 32.7 Å². The van der Waals surface area contributed by atoms with Gasteiger partial charge in [-0.1, -0.05) is 18.2 Å². The van der Waals surface area contributed by atoms with Crippen molar-refractivity contribution in [1.82, 2.24) is 20.1 Å². The number of Topliss-reactive ketones (excluding diaryl/α,β-unsaturated/α-hetero) is 1. The molecule has 0 bridgehead atoms. The highest BCUT2D eigenvalue weighted by atomic mass is 16.2. The second-order valence-corrected chi connectivity index (χ2v) is 6.77. The predicted octanol–water partition coefficient (Wildman–Crippen LogP) is 1.98. The van der Waals surface area contributed by atoms with Gasteiger partial charge in [-0.2, -0.15) is 5.10 Å². The van der Waals surface area contributed by atoms with Crippen molar-refractivity contribution >= 4 is 22.5 Å². The number of nitrogens with one attached hydrogen (secondary N) is 2. The predicted molar refractivity (Wildman–Crippen MR) is 101 cm³/mol. The molecule has 0 radical (unpaired) electrons. The van der Waals surface area contributed by atoms with Crippen LogP contribution in [0.15, 0.2) is 35.3 Å². The lowest BCUT2D eigenvalue weighted by atomic mass is 9.93. The van der Waals surface area contributed by atoms with Gasteiger partial charge < -0.3 is 10.3 Å². The molecular weight excluding hydrogens is 344 g/mol. The Morgan fingerprint density at radius 1 is 1.26 bits per heavy atom. The van der Waals surface area contributed by atoms with Crippen LogP contribution >= 0.6 is 0 Å². The second-order valence-electron chi connectivity index (χ2n) is 6.77. The number of fused-ring (bicyclic) bond motifs is 2. The topological polar surface area (TPSA) is 96.8 Å². The zero-order chi connectivity index (χ0) is 19.0. The molecule has 0 saturated carbocycles. The van der Waals surface area contributed by atoms with Gasteiger partial charge >= 0.3 is 0 Å². The Kier molecular flexibility index (Phi) is 4.35. The highest BCUT2D eigenvalue weighted by molar-refractivity contribution is 6.10. The van der Waals surface area contributed by atoms with E-state index in [1.165, 1.54) is 4.68 Å². The number of aryl methyl sites for hydroxylation is 2. The van der Waals surface area contributed by atoms with Gasteiger partial charge in [-0.05, 0) is 25.8 Å². The highest BCUT2D eigenvalue weighted by Gasteiger charge is 2.28. The average Bonchev–Trinajstić information content (AvgIpc) is 3.01. The number of carbonyl (C=O) groups is 2. The minimum Gasteiger partial charge on any atom is -0.361 e. The first-order chi connectivity index (χ1) is 13.1. The standard InChI is InChI=1S/C20H20N4O3/c1-12-17(18-15(23-12)7-4-8-16(18)25)19(26)21-9-10-24-20(27)14-6-3-2-5-13(14)11-22-24/h2-3,5-6,11,23H,4,7-10H2,1H3,(H,21,26). The number of benzene rings is 1. The van der Waals surface area contributed by atoms with Crippen molar-refractivity contribution < 1.29 is 9.59 Å². The number of hydrogen-bond donors (Lipinski definition) is 2. The Bertz CT molecular complexity index is 1110. The van der Waals surface area contributed by atoms with E-state index >= 15 is 0 Å². The number of carbonyl (C=O) groups excluding carboxylic acids is 2. The van der Waals surface area contributed by atoms with Crippen LogP contribution in [-0.4, -0.2) is 33.0 Å². The molecule has 1 aliphatic rings. The van der Waals surface area contributed by atoms with E-state index < -0.39 is 0 Å². The van der Waals surface area contributed by atoms with Crippen LogP contribution in [0.2, 0.25) is 0 Å². The summed E-state index contributed by atoms with van der Waals surface area (Å²) >= 11 is 0. The third-order valence-corrected chi connectivity index (χ3v) is 4.97. The summed E-state index contributed by atoms with van der Waals surface area (Å²) in [6.45, 7) is 2.31. The largest absolute Gasteiger partial charge is 0.361 e. The summed E-state index contributed by atoms with van der Waals surface area (Å²) in [7, 11) is 0. The van der Waals surface area contributed by atoms with Gasteiger partial charge in [0.1, 0.15) is 0 Å². The van der Waals surface area contributed by atoms with Crippen molar-refractivity contribution in [2.24, 2.45) is 0 Å². The van der Waals surface area contributed by atoms with E-state index in [2.05, 4.69) is 15.4 Å². The first kappa shape index (κ1) is 17.2. The molecule has 0 aliphatic heterocycles. The fourth-order valence-corrected chi connectivity index (χ4v) is 3.67. The molecule has 1 aromatic carbocycles. The third kappa shape index (κ3) is 3.05. The lowest BCUT2D eigenvalue weighted by Crippen LogP contribution is -2.33. The Morgan fingerprint density at radius 3 is 2.93 bits per heavy atom. The first-order valence-corrected chi connectivity index (χ1v) is 9.04. The lowest BCUT2D eigenvalue weighted by molar-refractivity contribution is 0.0926. The molecule has 0 unspecified atom stereocenters. The summed E-state index contributed by atoms with van der Waals surface area (Å²) in [6.07, 6.45) is 3.71. The molecule has 1 amide bonds. The molecule has 7 nitrogen and oxygen atoms in total. The van der Waals surface area contributed by atoms with Crippen molar-refractivity contribution in [2.75, 3.05) is 6.54 Å². The number of aromatic amines is 1. The number of hydrogen-bond acceptors (Lipinski definition) is 4. The monoisotopic (exact) mass is 364 g/mol. The van der Waals surface area contributed by atoms with Crippen LogP contribution in [0.3, 0.4) is 0 Å². The van der Waals surface area contributed by atoms with Crippen LogP contribution in [0.4, 0.5) is 0 Å². The van der Waals surface area contributed by atoms with Gasteiger partial charge in [0.05, 0.1) is 29.3 Å². The summed E-state index contributed by atoms with van der Waals surface area (Å²) in [4.78, 5) is 40.5. The minimum atomic E-state index is -0.297. The molecule has 7 heteroatoms. The van der Waals surface area contributed by atoms with E-state index in [0.717, 1.165) is 23.9 Å². The number of nitrogens with zero attached hydrogens (tertiary/aromatic N) is 2. The molecular formula is C20H20N4O3. The summed E-state index contributed by atoms with van der Waals surface area (Å²) in [6, 6.07) is 7.26. The molecule has 0 fully saturated rings.